The van der Waals surface area contributed by atoms with E-state index in [2.05, 4.69) is 22.4 Å². The predicted molar refractivity (Wildman–Crippen MR) is 66.4 cm³/mol. The second-order valence-corrected chi connectivity index (χ2v) is 4.57. The summed E-state index contributed by atoms with van der Waals surface area (Å²) in [6.45, 7) is 5.84. The first-order chi connectivity index (χ1) is 7.90. The molecule has 1 saturated heterocycles. The number of piperazine rings is 1. The molecule has 3 nitrogen and oxygen atoms in total. The Hall–Kier alpha value is -0.640. The van der Waals surface area contributed by atoms with Crippen LogP contribution in [0.1, 0.15) is 19.3 Å². The molecule has 0 spiro atoms. The number of aliphatic hydroxyl groups excluding tert-OH is 1. The molecule has 1 heterocycles. The summed E-state index contributed by atoms with van der Waals surface area (Å²) in [6.07, 6.45) is 7.65. The Morgan fingerprint density at radius 3 is 2.88 bits per heavy atom. The van der Waals surface area contributed by atoms with Gasteiger partial charge < -0.3 is 10.4 Å². The van der Waals surface area contributed by atoms with Crippen LogP contribution in [0.3, 0.4) is 0 Å². The second-order valence-electron chi connectivity index (χ2n) is 4.57. The maximum Gasteiger partial charge on any atom is 0.0468 e. The number of nitrogens with one attached hydrogen (secondary N) is 1. The van der Waals surface area contributed by atoms with Crippen LogP contribution in [-0.2, 0) is 0 Å². The third-order valence-electron chi connectivity index (χ3n) is 3.40. The summed E-state index contributed by atoms with van der Waals surface area (Å²) in [4.78, 5) is 2.50. The van der Waals surface area contributed by atoms with Gasteiger partial charge >= 0.3 is 0 Å². The van der Waals surface area contributed by atoms with Crippen LogP contribution in [0.4, 0.5) is 0 Å². The van der Waals surface area contributed by atoms with Gasteiger partial charge in [-0.15, -0.1) is 0 Å². The van der Waals surface area contributed by atoms with Crippen molar-refractivity contribution in [1.82, 2.24) is 10.2 Å². The van der Waals surface area contributed by atoms with Gasteiger partial charge in [0.15, 0.2) is 0 Å². The smallest absolute Gasteiger partial charge is 0.0468 e. The van der Waals surface area contributed by atoms with Gasteiger partial charge in [-0.3, -0.25) is 4.90 Å². The maximum absolute atomic E-state index is 9.06. The largest absolute Gasteiger partial charge is 0.396 e. The summed E-state index contributed by atoms with van der Waals surface area (Å²) in [6, 6.07) is 0. The summed E-state index contributed by atoms with van der Waals surface area (Å²) in [5.74, 6) is 0. The Morgan fingerprint density at radius 1 is 1.31 bits per heavy atom. The Kier molecular flexibility index (Phi) is 4.57. The molecule has 2 N–H and O–H groups in total. The minimum atomic E-state index is 0.286. The second kappa shape index (κ2) is 6.18. The molecule has 1 aliphatic heterocycles. The zero-order valence-electron chi connectivity index (χ0n) is 9.91. The molecule has 16 heavy (non-hydrogen) atoms. The van der Waals surface area contributed by atoms with E-state index < -0.39 is 0 Å². The molecular formula is C13H22N2O. The highest BCUT2D eigenvalue weighted by atomic mass is 16.2. The van der Waals surface area contributed by atoms with Gasteiger partial charge in [-0.25, -0.2) is 0 Å². The lowest BCUT2D eigenvalue weighted by atomic mass is 9.95. The summed E-state index contributed by atoms with van der Waals surface area (Å²) >= 11 is 0. The first-order valence-electron chi connectivity index (χ1n) is 6.31. The molecule has 0 aromatic rings. The van der Waals surface area contributed by atoms with E-state index in [0.29, 0.717) is 0 Å². The normalized spacial score (nSPS) is 22.8. The topological polar surface area (TPSA) is 35.5 Å². The van der Waals surface area contributed by atoms with Crippen molar-refractivity contribution in [1.29, 1.82) is 0 Å². The maximum atomic E-state index is 9.06. The fraction of sp³-hybridized carbons (Fsp3) is 0.692. The van der Waals surface area contributed by atoms with E-state index in [1.165, 1.54) is 11.1 Å². The Bertz CT molecular complexity index is 278. The van der Waals surface area contributed by atoms with Gasteiger partial charge in [0.1, 0.15) is 0 Å². The first-order valence-corrected chi connectivity index (χ1v) is 6.31. The van der Waals surface area contributed by atoms with E-state index in [1.807, 2.05) is 0 Å². The highest BCUT2D eigenvalue weighted by Gasteiger charge is 2.14. The number of allylic oxidation sites excluding steroid dienone is 1. The molecule has 0 atom stereocenters. The Labute approximate surface area is 97.8 Å². The van der Waals surface area contributed by atoms with Crippen molar-refractivity contribution in [2.24, 2.45) is 0 Å². The SMILES string of the molecule is OCCC1=C(CN2CCNCC2)C=CCC1. The molecule has 2 rings (SSSR count). The van der Waals surface area contributed by atoms with Gasteiger partial charge in [0.25, 0.3) is 0 Å². The minimum absolute atomic E-state index is 0.286. The van der Waals surface area contributed by atoms with E-state index >= 15 is 0 Å². The number of aliphatic hydroxyl groups is 1. The molecule has 2 aliphatic rings. The van der Waals surface area contributed by atoms with Crippen molar-refractivity contribution in [2.45, 2.75) is 19.3 Å². The number of hydrogen-bond donors (Lipinski definition) is 2. The van der Waals surface area contributed by atoms with Crippen molar-refractivity contribution in [3.8, 4) is 0 Å². The summed E-state index contributed by atoms with van der Waals surface area (Å²) in [5.41, 5.74) is 2.91. The monoisotopic (exact) mass is 222 g/mol. The van der Waals surface area contributed by atoms with Crippen LogP contribution in [0.25, 0.3) is 0 Å². The standard InChI is InChI=1S/C13H22N2O/c16-10-5-12-3-1-2-4-13(12)11-15-8-6-14-7-9-15/h2,4,14,16H,1,3,5-11H2. The molecule has 1 aliphatic carbocycles. The van der Waals surface area contributed by atoms with E-state index in [-0.39, 0.29) is 6.61 Å². The van der Waals surface area contributed by atoms with Crippen molar-refractivity contribution in [2.75, 3.05) is 39.3 Å². The zero-order chi connectivity index (χ0) is 11.2. The van der Waals surface area contributed by atoms with Gasteiger partial charge in [-0.05, 0) is 24.8 Å². The van der Waals surface area contributed by atoms with Crippen molar-refractivity contribution in [3.63, 3.8) is 0 Å². The number of nitrogens with zero attached hydrogens (tertiary/aromatic N) is 1. The van der Waals surface area contributed by atoms with Crippen LogP contribution in [-0.4, -0.2) is 49.3 Å². The van der Waals surface area contributed by atoms with Crippen molar-refractivity contribution in [3.05, 3.63) is 23.3 Å². The van der Waals surface area contributed by atoms with E-state index in [1.54, 1.807) is 0 Å². The van der Waals surface area contributed by atoms with Crippen LogP contribution < -0.4 is 5.32 Å². The molecule has 0 radical (unpaired) electrons. The summed E-state index contributed by atoms with van der Waals surface area (Å²) in [7, 11) is 0. The lowest BCUT2D eigenvalue weighted by Gasteiger charge is -2.29. The van der Waals surface area contributed by atoms with Crippen molar-refractivity contribution < 1.29 is 5.11 Å². The molecule has 3 heteroatoms. The van der Waals surface area contributed by atoms with E-state index in [0.717, 1.165) is 52.0 Å². The van der Waals surface area contributed by atoms with Crippen molar-refractivity contribution >= 4 is 0 Å². The molecule has 0 amide bonds. The predicted octanol–water partition coefficient (Wildman–Crippen LogP) is 0.921. The lowest BCUT2D eigenvalue weighted by Crippen LogP contribution is -2.44. The van der Waals surface area contributed by atoms with Crippen LogP contribution >= 0.6 is 0 Å². The van der Waals surface area contributed by atoms with Crippen LogP contribution in [0.2, 0.25) is 0 Å². The molecule has 0 bridgehead atoms. The Morgan fingerprint density at radius 2 is 2.12 bits per heavy atom. The fourth-order valence-corrected chi connectivity index (χ4v) is 2.46. The molecule has 0 aromatic heterocycles. The molecular weight excluding hydrogens is 200 g/mol. The highest BCUT2D eigenvalue weighted by Crippen LogP contribution is 2.22. The number of hydrogen-bond acceptors (Lipinski definition) is 3. The molecule has 0 unspecified atom stereocenters. The van der Waals surface area contributed by atoms with E-state index in [9.17, 15) is 0 Å². The highest BCUT2D eigenvalue weighted by molar-refractivity contribution is 5.31. The molecule has 1 fully saturated rings. The van der Waals surface area contributed by atoms with Gasteiger partial charge in [0, 0.05) is 39.3 Å². The summed E-state index contributed by atoms with van der Waals surface area (Å²) < 4.78 is 0. The van der Waals surface area contributed by atoms with Gasteiger partial charge in [0.05, 0.1) is 0 Å². The third kappa shape index (κ3) is 3.17. The number of rotatable bonds is 4. The molecule has 0 saturated carbocycles. The average molecular weight is 222 g/mol. The van der Waals surface area contributed by atoms with Gasteiger partial charge in [-0.1, -0.05) is 17.7 Å². The fourth-order valence-electron chi connectivity index (χ4n) is 2.46. The van der Waals surface area contributed by atoms with Crippen LogP contribution in [0, 0.1) is 0 Å². The Balaban J connectivity index is 1.96. The molecule has 90 valence electrons. The van der Waals surface area contributed by atoms with E-state index in [4.69, 9.17) is 5.11 Å². The average Bonchev–Trinajstić information content (AvgIpc) is 2.33. The lowest BCUT2D eigenvalue weighted by molar-refractivity contribution is 0.259. The summed E-state index contributed by atoms with van der Waals surface area (Å²) in [5, 5.41) is 12.4. The third-order valence-corrected chi connectivity index (χ3v) is 3.40. The minimum Gasteiger partial charge on any atom is -0.396 e. The zero-order valence-corrected chi connectivity index (χ0v) is 9.91. The molecule has 0 aromatic carbocycles. The van der Waals surface area contributed by atoms with Gasteiger partial charge in [-0.2, -0.15) is 0 Å². The first kappa shape index (κ1) is 11.8. The van der Waals surface area contributed by atoms with Gasteiger partial charge in [0.2, 0.25) is 0 Å². The van der Waals surface area contributed by atoms with Crippen LogP contribution in [0.15, 0.2) is 23.3 Å². The van der Waals surface area contributed by atoms with Crippen LogP contribution in [0.5, 0.6) is 0 Å². The quantitative estimate of drug-likeness (QED) is 0.742.